The molecule has 0 radical (unpaired) electrons. The molecular weight excluding hydrogens is 214 g/mol. The lowest BCUT2D eigenvalue weighted by Gasteiger charge is -2.17. The predicted molar refractivity (Wildman–Crippen MR) is 62.1 cm³/mol. The van der Waals surface area contributed by atoms with E-state index in [2.05, 4.69) is 26.1 Å². The van der Waals surface area contributed by atoms with E-state index in [1.807, 2.05) is 0 Å². The Kier molecular flexibility index (Phi) is 5.10. The minimum atomic E-state index is -3.64. The van der Waals surface area contributed by atoms with Gasteiger partial charge in [-0.2, -0.15) is 0 Å². The SMILES string of the molecule is CC(C)(C)CCCN/C(N)=C/S(N)(=O)=O. The molecule has 0 saturated heterocycles. The van der Waals surface area contributed by atoms with Crippen LogP contribution in [0.1, 0.15) is 33.6 Å². The van der Waals surface area contributed by atoms with Crippen LogP contribution < -0.4 is 16.2 Å². The molecule has 0 fully saturated rings. The first-order valence-corrected chi connectivity index (χ1v) is 6.45. The lowest BCUT2D eigenvalue weighted by Crippen LogP contribution is -2.24. The molecule has 0 aliphatic rings. The number of hydrogen-bond donors (Lipinski definition) is 3. The number of nitrogens with two attached hydrogens (primary N) is 2. The Labute approximate surface area is 92.0 Å². The van der Waals surface area contributed by atoms with Crippen molar-refractivity contribution in [2.75, 3.05) is 6.54 Å². The van der Waals surface area contributed by atoms with E-state index in [0.717, 1.165) is 18.2 Å². The maximum absolute atomic E-state index is 10.6. The zero-order valence-corrected chi connectivity index (χ0v) is 10.4. The molecule has 0 atom stereocenters. The Morgan fingerprint density at radius 2 is 1.93 bits per heavy atom. The van der Waals surface area contributed by atoms with Crippen LogP contribution in [0.15, 0.2) is 11.2 Å². The summed E-state index contributed by atoms with van der Waals surface area (Å²) >= 11 is 0. The highest BCUT2D eigenvalue weighted by atomic mass is 32.2. The van der Waals surface area contributed by atoms with Gasteiger partial charge in [-0.25, -0.2) is 13.6 Å². The monoisotopic (exact) mass is 235 g/mol. The third-order valence-corrected chi connectivity index (χ3v) is 2.31. The maximum atomic E-state index is 10.6. The summed E-state index contributed by atoms with van der Waals surface area (Å²) in [4.78, 5) is 0. The molecule has 0 bridgehead atoms. The second kappa shape index (κ2) is 5.37. The van der Waals surface area contributed by atoms with Gasteiger partial charge in [-0.15, -0.1) is 0 Å². The number of sulfonamides is 1. The summed E-state index contributed by atoms with van der Waals surface area (Å²) in [6.45, 7) is 7.10. The molecule has 5 N–H and O–H groups in total. The van der Waals surface area contributed by atoms with E-state index in [9.17, 15) is 8.42 Å². The average Bonchev–Trinajstić information content (AvgIpc) is 1.92. The van der Waals surface area contributed by atoms with Gasteiger partial charge in [0, 0.05) is 6.54 Å². The molecule has 5 nitrogen and oxygen atoms in total. The van der Waals surface area contributed by atoms with E-state index in [-0.39, 0.29) is 11.2 Å². The Balaban J connectivity index is 3.84. The molecule has 0 unspecified atom stereocenters. The van der Waals surface area contributed by atoms with Gasteiger partial charge >= 0.3 is 0 Å². The van der Waals surface area contributed by atoms with Crippen LogP contribution in [-0.4, -0.2) is 15.0 Å². The van der Waals surface area contributed by atoms with Gasteiger partial charge in [0.15, 0.2) is 0 Å². The van der Waals surface area contributed by atoms with Crippen molar-refractivity contribution in [1.29, 1.82) is 0 Å². The summed E-state index contributed by atoms with van der Waals surface area (Å²) in [6.07, 6.45) is 1.98. The average molecular weight is 235 g/mol. The van der Waals surface area contributed by atoms with Gasteiger partial charge in [-0.3, -0.25) is 0 Å². The molecule has 6 heteroatoms. The molecule has 15 heavy (non-hydrogen) atoms. The second-order valence-corrected chi connectivity index (χ2v) is 6.17. The van der Waals surface area contributed by atoms with Crippen molar-refractivity contribution in [2.45, 2.75) is 33.6 Å². The Hall–Kier alpha value is -0.750. The number of primary sulfonamides is 1. The van der Waals surface area contributed by atoms with Crippen molar-refractivity contribution in [3.8, 4) is 0 Å². The molecule has 0 aromatic carbocycles. The molecule has 0 aliphatic carbocycles. The minimum Gasteiger partial charge on any atom is -0.385 e. The quantitative estimate of drug-likeness (QED) is 0.602. The van der Waals surface area contributed by atoms with Crippen molar-refractivity contribution in [1.82, 2.24) is 5.32 Å². The van der Waals surface area contributed by atoms with Crippen LogP contribution in [-0.2, 0) is 10.0 Å². The van der Waals surface area contributed by atoms with Crippen LogP contribution in [0, 0.1) is 5.41 Å². The second-order valence-electron chi connectivity index (χ2n) is 4.75. The lowest BCUT2D eigenvalue weighted by molar-refractivity contribution is 0.363. The van der Waals surface area contributed by atoms with Gasteiger partial charge in [0.05, 0.1) is 5.41 Å². The third kappa shape index (κ3) is 11.2. The van der Waals surface area contributed by atoms with E-state index in [0.29, 0.717) is 6.54 Å². The largest absolute Gasteiger partial charge is 0.385 e. The van der Waals surface area contributed by atoms with Crippen molar-refractivity contribution >= 4 is 10.0 Å². The minimum absolute atomic E-state index is 0.0893. The molecule has 0 rings (SSSR count). The van der Waals surface area contributed by atoms with Gasteiger partial charge in [0.25, 0.3) is 0 Å². The first kappa shape index (κ1) is 14.2. The molecular formula is C9H21N3O2S. The van der Waals surface area contributed by atoms with E-state index in [1.54, 1.807) is 0 Å². The summed E-state index contributed by atoms with van der Waals surface area (Å²) in [5.41, 5.74) is 5.68. The molecule has 0 saturated carbocycles. The predicted octanol–water partition coefficient (Wildman–Crippen LogP) is 0.448. The first-order valence-electron chi connectivity index (χ1n) is 4.84. The van der Waals surface area contributed by atoms with Crippen molar-refractivity contribution in [2.24, 2.45) is 16.3 Å². The number of hydrogen-bond acceptors (Lipinski definition) is 4. The number of rotatable bonds is 5. The van der Waals surface area contributed by atoms with Gasteiger partial charge in [0.1, 0.15) is 5.82 Å². The lowest BCUT2D eigenvalue weighted by atomic mass is 9.91. The molecule has 0 amide bonds. The summed E-state index contributed by atoms with van der Waals surface area (Å²) in [5, 5.41) is 8.40. The fourth-order valence-corrected chi connectivity index (χ4v) is 1.51. The van der Waals surface area contributed by atoms with E-state index < -0.39 is 10.0 Å². The van der Waals surface area contributed by atoms with Crippen LogP contribution in [0.4, 0.5) is 0 Å². The molecule has 0 aromatic heterocycles. The van der Waals surface area contributed by atoms with Gasteiger partial charge in [-0.05, 0) is 18.3 Å². The van der Waals surface area contributed by atoms with E-state index >= 15 is 0 Å². The highest BCUT2D eigenvalue weighted by Crippen LogP contribution is 2.19. The number of nitrogens with one attached hydrogen (secondary N) is 1. The summed E-state index contributed by atoms with van der Waals surface area (Å²) in [7, 11) is -3.64. The molecule has 0 spiro atoms. The summed E-state index contributed by atoms with van der Waals surface area (Å²) in [5.74, 6) is 0.0893. The van der Waals surface area contributed by atoms with Crippen molar-refractivity contribution in [3.05, 3.63) is 11.2 Å². The smallest absolute Gasteiger partial charge is 0.234 e. The molecule has 0 aliphatic heterocycles. The van der Waals surface area contributed by atoms with Crippen LogP contribution in [0.25, 0.3) is 0 Å². The van der Waals surface area contributed by atoms with Crippen molar-refractivity contribution in [3.63, 3.8) is 0 Å². The van der Waals surface area contributed by atoms with E-state index in [1.165, 1.54) is 0 Å². The van der Waals surface area contributed by atoms with Crippen LogP contribution >= 0.6 is 0 Å². The zero-order valence-electron chi connectivity index (χ0n) is 9.58. The van der Waals surface area contributed by atoms with Gasteiger partial charge < -0.3 is 11.1 Å². The Morgan fingerprint density at radius 3 is 2.33 bits per heavy atom. The van der Waals surface area contributed by atoms with Crippen LogP contribution in [0.2, 0.25) is 0 Å². The summed E-state index contributed by atoms with van der Waals surface area (Å²) in [6, 6.07) is 0. The van der Waals surface area contributed by atoms with E-state index in [4.69, 9.17) is 10.9 Å². The van der Waals surface area contributed by atoms with Gasteiger partial charge in [-0.1, -0.05) is 20.8 Å². The molecule has 0 heterocycles. The fraction of sp³-hybridized carbons (Fsp3) is 0.778. The third-order valence-electron chi connectivity index (χ3n) is 1.72. The highest BCUT2D eigenvalue weighted by Gasteiger charge is 2.08. The fourth-order valence-electron chi connectivity index (χ4n) is 1.07. The van der Waals surface area contributed by atoms with Crippen molar-refractivity contribution < 1.29 is 8.42 Å². The Morgan fingerprint density at radius 1 is 1.40 bits per heavy atom. The van der Waals surface area contributed by atoms with Crippen LogP contribution in [0.5, 0.6) is 0 Å². The van der Waals surface area contributed by atoms with Gasteiger partial charge in [0.2, 0.25) is 10.0 Å². The highest BCUT2D eigenvalue weighted by molar-refractivity contribution is 7.92. The Bertz CT molecular complexity index is 315. The summed E-state index contributed by atoms with van der Waals surface area (Å²) < 4.78 is 21.2. The topological polar surface area (TPSA) is 98.2 Å². The van der Waals surface area contributed by atoms with Crippen LogP contribution in [0.3, 0.4) is 0 Å². The maximum Gasteiger partial charge on any atom is 0.234 e. The first-order chi connectivity index (χ1) is 6.60. The zero-order chi connectivity index (χ0) is 12.1. The standard InChI is InChI=1S/C9H21N3O2S/c1-9(2,3)5-4-6-12-8(10)7-15(11,13)14/h7,12H,4-6,10H2,1-3H3,(H2,11,13,14)/b8-7+. The molecule has 90 valence electrons. The normalized spacial score (nSPS) is 14.0. The molecule has 0 aromatic rings.